The van der Waals surface area contributed by atoms with Crippen molar-refractivity contribution >= 4 is 11.9 Å². The molecule has 0 aliphatic heterocycles. The Morgan fingerprint density at radius 1 is 1.18 bits per heavy atom. The number of carboxylic acid groups (broad SMARTS) is 1. The molecule has 5 nitrogen and oxygen atoms in total. The van der Waals surface area contributed by atoms with Crippen molar-refractivity contribution in [1.29, 1.82) is 0 Å². The lowest BCUT2D eigenvalue weighted by atomic mass is 9.95. The van der Waals surface area contributed by atoms with Crippen molar-refractivity contribution in [2.75, 3.05) is 13.2 Å². The van der Waals surface area contributed by atoms with Gasteiger partial charge < -0.3 is 15.2 Å². The molecule has 0 spiro atoms. The van der Waals surface area contributed by atoms with Gasteiger partial charge in [0.15, 0.2) is 0 Å². The molecule has 0 aliphatic rings. The van der Waals surface area contributed by atoms with E-state index in [1.807, 2.05) is 13.8 Å². The van der Waals surface area contributed by atoms with Crippen LogP contribution in [0.2, 0.25) is 0 Å². The summed E-state index contributed by atoms with van der Waals surface area (Å²) in [6.07, 6.45) is 0.926. The van der Waals surface area contributed by atoms with E-state index in [0.29, 0.717) is 13.2 Å². The molecular formula is C12H23NO4. The number of carbonyl (C=O) groups is 2. The molecule has 0 aromatic carbocycles. The number of carbonyl (C=O) groups excluding carboxylic acids is 1. The molecule has 1 amide bonds. The van der Waals surface area contributed by atoms with Crippen molar-refractivity contribution in [3.05, 3.63) is 0 Å². The molecule has 100 valence electrons. The fraction of sp³-hybridized carbons (Fsp3) is 0.833. The van der Waals surface area contributed by atoms with Crippen molar-refractivity contribution in [2.45, 2.75) is 40.2 Å². The minimum atomic E-state index is -0.948. The van der Waals surface area contributed by atoms with Crippen LogP contribution in [0.3, 0.4) is 0 Å². The average Bonchev–Trinajstić information content (AvgIpc) is 2.25. The normalized spacial score (nSPS) is 14.4. The number of hydrogen-bond donors (Lipinski definition) is 2. The summed E-state index contributed by atoms with van der Waals surface area (Å²) in [6, 6.07) is 0. The molecule has 2 N–H and O–H groups in total. The summed E-state index contributed by atoms with van der Waals surface area (Å²) in [5, 5.41) is 11.5. The first-order valence-corrected chi connectivity index (χ1v) is 5.98. The monoisotopic (exact) mass is 245 g/mol. The first-order chi connectivity index (χ1) is 7.86. The van der Waals surface area contributed by atoms with Gasteiger partial charge in [-0.1, -0.05) is 13.8 Å². The van der Waals surface area contributed by atoms with Crippen LogP contribution in [0.15, 0.2) is 0 Å². The molecule has 2 atom stereocenters. The van der Waals surface area contributed by atoms with Crippen molar-refractivity contribution < 1.29 is 19.4 Å². The highest BCUT2D eigenvalue weighted by atomic mass is 16.5. The molecule has 0 radical (unpaired) electrons. The van der Waals surface area contributed by atoms with Crippen LogP contribution in [0.1, 0.15) is 34.1 Å². The Balaban J connectivity index is 3.75. The topological polar surface area (TPSA) is 75.6 Å². The van der Waals surface area contributed by atoms with Gasteiger partial charge in [0.25, 0.3) is 0 Å². The highest BCUT2D eigenvalue weighted by molar-refractivity contribution is 5.84. The Morgan fingerprint density at radius 3 is 2.24 bits per heavy atom. The van der Waals surface area contributed by atoms with Crippen LogP contribution in [0, 0.1) is 11.8 Å². The van der Waals surface area contributed by atoms with Gasteiger partial charge in [0.1, 0.15) is 0 Å². The van der Waals surface area contributed by atoms with Gasteiger partial charge in [-0.3, -0.25) is 9.59 Å². The SMILES string of the molecule is CC(C)OCCCNC(=O)C(C)C(C)C(=O)O. The quantitative estimate of drug-likeness (QED) is 0.631. The fourth-order valence-corrected chi connectivity index (χ4v) is 1.20. The molecule has 0 bridgehead atoms. The fourth-order valence-electron chi connectivity index (χ4n) is 1.20. The molecular weight excluding hydrogens is 222 g/mol. The number of nitrogens with one attached hydrogen (secondary N) is 1. The van der Waals surface area contributed by atoms with E-state index in [4.69, 9.17) is 9.84 Å². The zero-order valence-electron chi connectivity index (χ0n) is 11.0. The third-order valence-corrected chi connectivity index (χ3v) is 2.62. The zero-order chi connectivity index (χ0) is 13.4. The first-order valence-electron chi connectivity index (χ1n) is 5.98. The second-order valence-corrected chi connectivity index (χ2v) is 4.48. The van der Waals surface area contributed by atoms with Gasteiger partial charge in [0.2, 0.25) is 5.91 Å². The van der Waals surface area contributed by atoms with E-state index in [1.54, 1.807) is 6.92 Å². The number of carboxylic acids is 1. The maximum atomic E-state index is 11.6. The predicted octanol–water partition coefficient (Wildman–Crippen LogP) is 1.27. The van der Waals surface area contributed by atoms with E-state index in [-0.39, 0.29) is 12.0 Å². The third kappa shape index (κ3) is 6.94. The van der Waals surface area contributed by atoms with E-state index in [1.165, 1.54) is 6.92 Å². The maximum Gasteiger partial charge on any atom is 0.307 e. The smallest absolute Gasteiger partial charge is 0.307 e. The zero-order valence-corrected chi connectivity index (χ0v) is 11.0. The second-order valence-electron chi connectivity index (χ2n) is 4.48. The molecule has 2 unspecified atom stereocenters. The van der Waals surface area contributed by atoms with Gasteiger partial charge in [-0.25, -0.2) is 0 Å². The van der Waals surface area contributed by atoms with E-state index in [9.17, 15) is 9.59 Å². The van der Waals surface area contributed by atoms with Crippen LogP contribution in [0.25, 0.3) is 0 Å². The molecule has 0 aliphatic carbocycles. The summed E-state index contributed by atoms with van der Waals surface area (Å²) in [6.45, 7) is 8.18. The molecule has 0 aromatic rings. The van der Waals surface area contributed by atoms with Crippen LogP contribution in [0.4, 0.5) is 0 Å². The van der Waals surface area contributed by atoms with Crippen molar-refractivity contribution in [3.8, 4) is 0 Å². The van der Waals surface area contributed by atoms with E-state index in [2.05, 4.69) is 5.32 Å². The van der Waals surface area contributed by atoms with Crippen LogP contribution in [-0.4, -0.2) is 36.2 Å². The van der Waals surface area contributed by atoms with Crippen molar-refractivity contribution in [1.82, 2.24) is 5.32 Å². The number of amides is 1. The van der Waals surface area contributed by atoms with Gasteiger partial charge >= 0.3 is 5.97 Å². The van der Waals surface area contributed by atoms with Crippen LogP contribution in [0.5, 0.6) is 0 Å². The van der Waals surface area contributed by atoms with Crippen LogP contribution in [-0.2, 0) is 14.3 Å². The Kier molecular flexibility index (Phi) is 7.54. The van der Waals surface area contributed by atoms with Gasteiger partial charge in [0.05, 0.1) is 12.0 Å². The molecule has 0 saturated carbocycles. The van der Waals surface area contributed by atoms with Gasteiger partial charge in [-0.05, 0) is 20.3 Å². The standard InChI is InChI=1S/C12H23NO4/c1-8(2)17-7-5-6-13-11(14)9(3)10(4)12(15)16/h8-10H,5-7H2,1-4H3,(H,13,14)(H,15,16). The molecule has 17 heavy (non-hydrogen) atoms. The Morgan fingerprint density at radius 2 is 1.76 bits per heavy atom. The number of hydrogen-bond acceptors (Lipinski definition) is 3. The van der Waals surface area contributed by atoms with E-state index >= 15 is 0 Å². The summed E-state index contributed by atoms with van der Waals surface area (Å²) in [5.74, 6) is -2.35. The van der Waals surface area contributed by atoms with Gasteiger partial charge in [-0.2, -0.15) is 0 Å². The minimum absolute atomic E-state index is 0.191. The van der Waals surface area contributed by atoms with Gasteiger partial charge in [-0.15, -0.1) is 0 Å². The third-order valence-electron chi connectivity index (χ3n) is 2.62. The molecule has 0 saturated heterocycles. The highest BCUT2D eigenvalue weighted by Gasteiger charge is 2.25. The molecule has 0 rings (SSSR count). The number of rotatable bonds is 8. The Bertz CT molecular complexity index is 253. The largest absolute Gasteiger partial charge is 0.481 e. The highest BCUT2D eigenvalue weighted by Crippen LogP contribution is 2.10. The summed E-state index contributed by atoms with van der Waals surface area (Å²) >= 11 is 0. The molecule has 0 heterocycles. The summed E-state index contributed by atoms with van der Waals surface area (Å²) in [7, 11) is 0. The summed E-state index contributed by atoms with van der Waals surface area (Å²) < 4.78 is 5.32. The molecule has 5 heteroatoms. The second kappa shape index (κ2) is 8.06. The number of aliphatic carboxylic acids is 1. The van der Waals surface area contributed by atoms with Crippen molar-refractivity contribution in [2.24, 2.45) is 11.8 Å². The summed E-state index contributed by atoms with van der Waals surface area (Å²) in [5.41, 5.74) is 0. The van der Waals surface area contributed by atoms with E-state index < -0.39 is 17.8 Å². The molecule has 0 fully saturated rings. The summed E-state index contributed by atoms with van der Waals surface area (Å²) in [4.78, 5) is 22.3. The Labute approximate surface area is 103 Å². The minimum Gasteiger partial charge on any atom is -0.481 e. The van der Waals surface area contributed by atoms with E-state index in [0.717, 1.165) is 6.42 Å². The Hall–Kier alpha value is -1.10. The lowest BCUT2D eigenvalue weighted by molar-refractivity contribution is -0.146. The van der Waals surface area contributed by atoms with Gasteiger partial charge in [0, 0.05) is 19.1 Å². The van der Waals surface area contributed by atoms with Crippen LogP contribution >= 0.6 is 0 Å². The average molecular weight is 245 g/mol. The first kappa shape index (κ1) is 15.9. The lowest BCUT2D eigenvalue weighted by Crippen LogP contribution is -2.36. The molecule has 0 aromatic heterocycles. The number of ether oxygens (including phenoxy) is 1. The van der Waals surface area contributed by atoms with Crippen LogP contribution < -0.4 is 5.32 Å². The maximum absolute atomic E-state index is 11.6. The predicted molar refractivity (Wildman–Crippen MR) is 64.7 cm³/mol. The van der Waals surface area contributed by atoms with Crippen molar-refractivity contribution in [3.63, 3.8) is 0 Å². The lowest BCUT2D eigenvalue weighted by Gasteiger charge is -2.15.